The van der Waals surface area contributed by atoms with Crippen molar-refractivity contribution in [3.8, 4) is 0 Å². The van der Waals surface area contributed by atoms with E-state index < -0.39 is 0 Å². The van der Waals surface area contributed by atoms with Crippen LogP contribution in [0, 0.1) is 6.92 Å². The van der Waals surface area contributed by atoms with Crippen LogP contribution < -0.4 is 5.32 Å². The van der Waals surface area contributed by atoms with Gasteiger partial charge in [0.25, 0.3) is 5.91 Å². The number of rotatable bonds is 6. The van der Waals surface area contributed by atoms with E-state index in [2.05, 4.69) is 70.4 Å². The zero-order valence-corrected chi connectivity index (χ0v) is 19.2. The van der Waals surface area contributed by atoms with E-state index >= 15 is 0 Å². The van der Waals surface area contributed by atoms with Gasteiger partial charge < -0.3 is 9.88 Å². The Bertz CT molecular complexity index is 1250. The first kappa shape index (κ1) is 21.3. The van der Waals surface area contributed by atoms with E-state index in [1.807, 2.05) is 42.2 Å². The molecule has 1 N–H and O–H groups in total. The third kappa shape index (κ3) is 4.23. The number of nitrogens with one attached hydrogen (secondary N) is 1. The number of carbonyl (C=O) groups excluding carboxylic acids is 1. The van der Waals surface area contributed by atoms with Crippen LogP contribution in [0.1, 0.15) is 64.6 Å². The highest BCUT2D eigenvalue weighted by Crippen LogP contribution is 2.35. The molecule has 0 saturated carbocycles. The number of hydrogen-bond donors (Lipinski definition) is 1. The van der Waals surface area contributed by atoms with Gasteiger partial charge in [-0.05, 0) is 68.4 Å². The fourth-order valence-corrected chi connectivity index (χ4v) is 5.02. The van der Waals surface area contributed by atoms with E-state index in [-0.39, 0.29) is 18.0 Å². The zero-order valence-electron chi connectivity index (χ0n) is 19.2. The number of aromatic nitrogens is 3. The smallest absolute Gasteiger partial charge is 0.273 e. The Morgan fingerprint density at radius 1 is 1.09 bits per heavy atom. The molecule has 1 aliphatic carbocycles. The summed E-state index contributed by atoms with van der Waals surface area (Å²) in [5, 5.41) is 7.87. The molecule has 0 bridgehead atoms. The predicted molar refractivity (Wildman–Crippen MR) is 132 cm³/mol. The normalized spacial score (nSPS) is 16.2. The van der Waals surface area contributed by atoms with Gasteiger partial charge in [-0.25, -0.2) is 4.68 Å². The number of carbonyl (C=O) groups is 1. The second-order valence-electron chi connectivity index (χ2n) is 9.02. The number of fused-ring (bicyclic) bond motifs is 1. The van der Waals surface area contributed by atoms with Crippen molar-refractivity contribution in [2.75, 3.05) is 5.32 Å². The van der Waals surface area contributed by atoms with Gasteiger partial charge in [0.2, 0.25) is 0 Å². The van der Waals surface area contributed by atoms with Crippen molar-refractivity contribution in [3.63, 3.8) is 0 Å². The topological polar surface area (TPSA) is 51.9 Å². The van der Waals surface area contributed by atoms with Gasteiger partial charge in [0.15, 0.2) is 0 Å². The maximum atomic E-state index is 13.4. The molecule has 2 heterocycles. The van der Waals surface area contributed by atoms with Crippen molar-refractivity contribution in [1.29, 1.82) is 0 Å². The minimum absolute atomic E-state index is 0.103. The summed E-state index contributed by atoms with van der Waals surface area (Å²) in [5.41, 5.74) is 5.58. The molecule has 0 radical (unpaired) electrons. The van der Waals surface area contributed by atoms with Gasteiger partial charge in [-0.1, -0.05) is 54.6 Å². The molecule has 1 aliphatic rings. The highest BCUT2D eigenvalue weighted by Gasteiger charge is 2.26. The maximum Gasteiger partial charge on any atom is 0.273 e. The van der Waals surface area contributed by atoms with Crippen LogP contribution >= 0.6 is 0 Å². The van der Waals surface area contributed by atoms with Crippen LogP contribution in [0.25, 0.3) is 0 Å². The molecule has 2 atom stereocenters. The lowest BCUT2D eigenvalue weighted by Gasteiger charge is -2.27. The number of aryl methyl sites for hydroxylation is 2. The molecular weight excluding hydrogens is 408 g/mol. The SMILES string of the molecule is Cc1cnn(C2CCCc3ccccc32)c1NC(=O)c1cccn1C(C)Cc1ccccc1. The first-order valence-electron chi connectivity index (χ1n) is 11.8. The molecule has 2 aromatic carbocycles. The molecule has 0 fully saturated rings. The largest absolute Gasteiger partial charge is 0.340 e. The minimum Gasteiger partial charge on any atom is -0.340 e. The number of anilines is 1. The number of hydrogen-bond acceptors (Lipinski definition) is 2. The van der Waals surface area contributed by atoms with Gasteiger partial charge in [-0.3, -0.25) is 4.79 Å². The van der Waals surface area contributed by atoms with E-state index in [0.29, 0.717) is 5.69 Å². The average Bonchev–Trinajstić information content (AvgIpc) is 3.47. The van der Waals surface area contributed by atoms with Crippen LogP contribution in [-0.4, -0.2) is 20.3 Å². The fourth-order valence-electron chi connectivity index (χ4n) is 5.02. The van der Waals surface area contributed by atoms with E-state index in [9.17, 15) is 4.79 Å². The summed E-state index contributed by atoms with van der Waals surface area (Å²) in [7, 11) is 0. The van der Waals surface area contributed by atoms with Gasteiger partial charge in [0.1, 0.15) is 11.5 Å². The van der Waals surface area contributed by atoms with Crippen LogP contribution in [0.3, 0.4) is 0 Å². The van der Waals surface area contributed by atoms with E-state index in [1.165, 1.54) is 16.7 Å². The fraction of sp³-hybridized carbons (Fsp3) is 0.286. The molecule has 1 amide bonds. The lowest BCUT2D eigenvalue weighted by atomic mass is 9.88. The molecule has 0 aliphatic heterocycles. The van der Waals surface area contributed by atoms with Gasteiger partial charge in [0.05, 0.1) is 12.2 Å². The second-order valence-corrected chi connectivity index (χ2v) is 9.02. The van der Waals surface area contributed by atoms with Crippen molar-refractivity contribution in [2.45, 2.75) is 51.6 Å². The Kier molecular flexibility index (Phi) is 5.86. The second kappa shape index (κ2) is 9.10. The minimum atomic E-state index is -0.103. The highest BCUT2D eigenvalue weighted by atomic mass is 16.2. The third-order valence-electron chi connectivity index (χ3n) is 6.70. The average molecular weight is 439 g/mol. The molecule has 2 unspecified atom stereocenters. The summed E-state index contributed by atoms with van der Waals surface area (Å²) in [4.78, 5) is 13.4. The van der Waals surface area contributed by atoms with E-state index in [1.54, 1.807) is 0 Å². The van der Waals surface area contributed by atoms with Gasteiger partial charge in [0, 0.05) is 17.8 Å². The van der Waals surface area contributed by atoms with Gasteiger partial charge in [-0.15, -0.1) is 0 Å². The number of nitrogens with zero attached hydrogens (tertiary/aromatic N) is 3. The van der Waals surface area contributed by atoms with Gasteiger partial charge >= 0.3 is 0 Å². The molecular formula is C28H30N4O. The van der Waals surface area contributed by atoms with Crippen molar-refractivity contribution in [3.05, 3.63) is 107 Å². The summed E-state index contributed by atoms with van der Waals surface area (Å²) in [6, 6.07) is 23.1. The molecule has 0 spiro atoms. The van der Waals surface area contributed by atoms with Crippen molar-refractivity contribution in [1.82, 2.24) is 14.3 Å². The Morgan fingerprint density at radius 2 is 1.88 bits per heavy atom. The molecule has 2 aromatic heterocycles. The Morgan fingerprint density at radius 3 is 2.73 bits per heavy atom. The lowest BCUT2D eigenvalue weighted by Crippen LogP contribution is -2.24. The summed E-state index contributed by atoms with van der Waals surface area (Å²) < 4.78 is 4.07. The summed E-state index contributed by atoms with van der Waals surface area (Å²) in [6.07, 6.45) is 7.94. The van der Waals surface area contributed by atoms with Gasteiger partial charge in [-0.2, -0.15) is 5.10 Å². The van der Waals surface area contributed by atoms with Crippen LogP contribution in [0.15, 0.2) is 79.1 Å². The standard InChI is InChI=1S/C28H30N4O/c1-20-19-29-32(25-15-8-13-23-12-6-7-14-24(23)25)27(20)30-28(33)26-16-9-17-31(26)21(2)18-22-10-4-3-5-11-22/h3-7,9-12,14,16-17,19,21,25H,8,13,15,18H2,1-2H3,(H,30,33). The summed E-state index contributed by atoms with van der Waals surface area (Å²) in [6.45, 7) is 4.16. The molecule has 5 rings (SSSR count). The monoisotopic (exact) mass is 438 g/mol. The predicted octanol–water partition coefficient (Wildman–Crippen LogP) is 5.97. The van der Waals surface area contributed by atoms with Crippen molar-refractivity contribution in [2.24, 2.45) is 0 Å². The third-order valence-corrected chi connectivity index (χ3v) is 6.70. The molecule has 0 saturated heterocycles. The highest BCUT2D eigenvalue weighted by molar-refractivity contribution is 6.03. The van der Waals surface area contributed by atoms with Crippen LogP contribution in [-0.2, 0) is 12.8 Å². The zero-order chi connectivity index (χ0) is 22.8. The van der Waals surface area contributed by atoms with Crippen molar-refractivity contribution >= 4 is 11.7 Å². The first-order valence-corrected chi connectivity index (χ1v) is 11.8. The van der Waals surface area contributed by atoms with Crippen molar-refractivity contribution < 1.29 is 4.79 Å². The number of benzene rings is 2. The van der Waals surface area contributed by atoms with Crippen LogP contribution in [0.5, 0.6) is 0 Å². The van der Waals surface area contributed by atoms with Crippen LogP contribution in [0.4, 0.5) is 5.82 Å². The summed E-state index contributed by atoms with van der Waals surface area (Å²) >= 11 is 0. The maximum absolute atomic E-state index is 13.4. The Labute approximate surface area is 195 Å². The van der Waals surface area contributed by atoms with E-state index in [4.69, 9.17) is 0 Å². The first-order chi connectivity index (χ1) is 16.1. The number of amides is 1. The molecule has 4 aromatic rings. The summed E-state index contributed by atoms with van der Waals surface area (Å²) in [5.74, 6) is 0.680. The van der Waals surface area contributed by atoms with E-state index in [0.717, 1.165) is 37.1 Å². The molecule has 5 heteroatoms. The quantitative estimate of drug-likeness (QED) is 0.403. The lowest BCUT2D eigenvalue weighted by molar-refractivity contribution is 0.101. The van der Waals surface area contributed by atoms with Crippen LogP contribution in [0.2, 0.25) is 0 Å². The Hall–Kier alpha value is -3.60. The molecule has 5 nitrogen and oxygen atoms in total. The molecule has 168 valence electrons. The molecule has 33 heavy (non-hydrogen) atoms. The Balaban J connectivity index is 1.40.